The number of likely N-dealkylation sites (tertiary alicyclic amines) is 1. The number of carbonyl (C=O) groups is 2. The molecule has 2 amide bonds. The van der Waals surface area contributed by atoms with Crippen LogP contribution in [-0.2, 0) is 9.53 Å². The molecule has 1 aromatic heterocycles. The highest BCUT2D eigenvalue weighted by Gasteiger charge is 2.59. The highest BCUT2D eigenvalue weighted by atomic mass is 19.1. The largest absolute Gasteiger partial charge is 0.446 e. The van der Waals surface area contributed by atoms with E-state index in [2.05, 4.69) is 10.2 Å². The molecule has 3 atom stereocenters. The molecule has 0 spiro atoms. The van der Waals surface area contributed by atoms with Crippen molar-refractivity contribution in [1.82, 2.24) is 15.1 Å². The number of halogens is 1. The number of primary amides is 1. The molecule has 5 aliphatic rings. The minimum Gasteiger partial charge on any atom is -0.446 e. The van der Waals surface area contributed by atoms with E-state index in [1.807, 2.05) is 0 Å². The van der Waals surface area contributed by atoms with Gasteiger partial charge in [0.25, 0.3) is 0 Å². The monoisotopic (exact) mass is 388 g/mol. The van der Waals surface area contributed by atoms with E-state index >= 15 is 0 Å². The Bertz CT molecular complexity index is 785. The maximum atomic E-state index is 13.0. The number of amides is 2. The lowest BCUT2D eigenvalue weighted by Gasteiger charge is -2.58. The van der Waals surface area contributed by atoms with Crippen LogP contribution in [0.5, 0.6) is 0 Å². The van der Waals surface area contributed by atoms with Crippen LogP contribution in [0.25, 0.3) is 0 Å². The van der Waals surface area contributed by atoms with E-state index in [0.29, 0.717) is 24.7 Å². The fraction of sp³-hybridized carbons (Fsp3) is 0.700. The van der Waals surface area contributed by atoms with Crippen molar-refractivity contribution in [3.8, 4) is 0 Å². The first-order valence-electron chi connectivity index (χ1n) is 10.2. The van der Waals surface area contributed by atoms with Gasteiger partial charge in [-0.05, 0) is 68.4 Å². The van der Waals surface area contributed by atoms with E-state index in [0.717, 1.165) is 38.5 Å². The first kappa shape index (κ1) is 17.8. The number of carbonyl (C=O) groups excluding carboxylic acids is 2. The number of hydrogen-bond acceptors (Lipinski definition) is 5. The molecule has 1 saturated heterocycles. The molecule has 1 aliphatic heterocycles. The van der Waals surface area contributed by atoms with Crippen molar-refractivity contribution in [3.63, 3.8) is 0 Å². The molecule has 28 heavy (non-hydrogen) atoms. The van der Waals surface area contributed by atoms with E-state index < -0.39 is 5.95 Å². The molecule has 4 bridgehead atoms. The van der Waals surface area contributed by atoms with Crippen LogP contribution < -0.4 is 5.73 Å². The molecule has 4 aliphatic carbocycles. The van der Waals surface area contributed by atoms with Crippen molar-refractivity contribution in [3.05, 3.63) is 23.8 Å². The summed E-state index contributed by atoms with van der Waals surface area (Å²) in [5.41, 5.74) is 6.06. The summed E-state index contributed by atoms with van der Waals surface area (Å²) in [5, 5.41) is 7.37. The second kappa shape index (κ2) is 6.39. The van der Waals surface area contributed by atoms with Crippen molar-refractivity contribution in [2.45, 2.75) is 50.5 Å². The zero-order chi connectivity index (χ0) is 19.5. The van der Waals surface area contributed by atoms with E-state index in [1.54, 1.807) is 11.0 Å². The van der Waals surface area contributed by atoms with Crippen molar-refractivity contribution in [2.75, 3.05) is 13.1 Å². The van der Waals surface area contributed by atoms with Crippen LogP contribution in [0, 0.1) is 29.1 Å². The van der Waals surface area contributed by atoms with E-state index in [4.69, 9.17) is 10.5 Å². The summed E-state index contributed by atoms with van der Waals surface area (Å²) in [6.07, 6.45) is 4.82. The third-order valence-electron chi connectivity index (χ3n) is 7.46. The molecule has 2 N–H and O–H groups in total. The smallest absolute Gasteiger partial charge is 0.410 e. The number of nitrogens with zero attached hydrogens (tertiary/aromatic N) is 3. The van der Waals surface area contributed by atoms with Crippen LogP contribution in [0.1, 0.15) is 50.1 Å². The molecule has 2 heterocycles. The van der Waals surface area contributed by atoms with Gasteiger partial charge in [0.2, 0.25) is 11.9 Å². The van der Waals surface area contributed by atoms with Gasteiger partial charge in [0.1, 0.15) is 6.10 Å². The van der Waals surface area contributed by atoms with Gasteiger partial charge >= 0.3 is 6.09 Å². The fourth-order valence-corrected chi connectivity index (χ4v) is 6.37. The highest BCUT2D eigenvalue weighted by Crippen LogP contribution is 2.60. The molecule has 0 radical (unpaired) electrons. The van der Waals surface area contributed by atoms with Crippen LogP contribution in [-0.4, -0.2) is 46.3 Å². The molecule has 3 unspecified atom stereocenters. The summed E-state index contributed by atoms with van der Waals surface area (Å²) in [6, 6.07) is 2.93. The maximum Gasteiger partial charge on any atom is 0.410 e. The Balaban J connectivity index is 1.23. The lowest BCUT2D eigenvalue weighted by molar-refractivity contribution is -0.161. The molecular formula is C20H25FN4O3. The second-order valence-corrected chi connectivity index (χ2v) is 9.18. The highest BCUT2D eigenvalue weighted by molar-refractivity contribution is 5.81. The third-order valence-corrected chi connectivity index (χ3v) is 7.46. The van der Waals surface area contributed by atoms with E-state index in [9.17, 15) is 14.0 Å². The Morgan fingerprint density at radius 1 is 1.18 bits per heavy atom. The van der Waals surface area contributed by atoms with E-state index in [1.165, 1.54) is 6.07 Å². The van der Waals surface area contributed by atoms with Gasteiger partial charge in [0.05, 0.1) is 11.1 Å². The second-order valence-electron chi connectivity index (χ2n) is 9.18. The summed E-state index contributed by atoms with van der Waals surface area (Å²) in [5.74, 6) is 0.284. The summed E-state index contributed by atoms with van der Waals surface area (Å²) in [4.78, 5) is 26.6. The number of ether oxygens (including phenoxy) is 1. The van der Waals surface area contributed by atoms with Crippen LogP contribution in [0.4, 0.5) is 9.18 Å². The van der Waals surface area contributed by atoms with Gasteiger partial charge in [0.15, 0.2) is 0 Å². The number of rotatable bonds is 3. The van der Waals surface area contributed by atoms with Gasteiger partial charge in [-0.3, -0.25) is 4.79 Å². The molecular weight excluding hydrogens is 363 g/mol. The fourth-order valence-electron chi connectivity index (χ4n) is 6.37. The first-order chi connectivity index (χ1) is 13.4. The molecule has 7 nitrogen and oxygen atoms in total. The average molecular weight is 388 g/mol. The first-order valence-corrected chi connectivity index (χ1v) is 10.2. The van der Waals surface area contributed by atoms with Gasteiger partial charge < -0.3 is 15.4 Å². The summed E-state index contributed by atoms with van der Waals surface area (Å²) in [7, 11) is 0. The molecule has 8 heteroatoms. The lowest BCUT2D eigenvalue weighted by Crippen LogP contribution is -2.59. The normalized spacial score (nSPS) is 38.6. The van der Waals surface area contributed by atoms with E-state index in [-0.39, 0.29) is 41.3 Å². The molecule has 0 aromatic carbocycles. The third kappa shape index (κ3) is 2.84. The van der Waals surface area contributed by atoms with Crippen LogP contribution >= 0.6 is 0 Å². The SMILES string of the molecule is NC(=O)[C@]12CC3CC(C1)[C@@H](OC(=O)N1CCC(c4ccc(F)nn4)C1)C(C3)C2. The van der Waals surface area contributed by atoms with Gasteiger partial charge in [-0.25, -0.2) is 4.79 Å². The van der Waals surface area contributed by atoms with Gasteiger partial charge in [-0.2, -0.15) is 9.49 Å². The standard InChI is InChI=1S/C20H25FN4O3/c21-16-2-1-15(23-24-16)12-3-4-25(10-12)19(27)28-17-13-5-11-6-14(17)9-20(7-11,8-13)18(22)26/h1-2,11-14,17H,3-10H2,(H2,22,26)/t11?,12?,13?,14?,17-,20-. The molecule has 6 rings (SSSR count). The topological polar surface area (TPSA) is 98.4 Å². The number of aromatic nitrogens is 2. The van der Waals surface area contributed by atoms with Crippen LogP contribution in [0.15, 0.2) is 12.1 Å². The minimum absolute atomic E-state index is 0.0530. The maximum absolute atomic E-state index is 13.0. The molecule has 150 valence electrons. The zero-order valence-corrected chi connectivity index (χ0v) is 15.7. The van der Waals surface area contributed by atoms with Crippen molar-refractivity contribution in [2.24, 2.45) is 28.9 Å². The average Bonchev–Trinajstić information content (AvgIpc) is 3.15. The van der Waals surface area contributed by atoms with Gasteiger partial charge in [-0.1, -0.05) is 0 Å². The van der Waals surface area contributed by atoms with Crippen LogP contribution in [0.3, 0.4) is 0 Å². The molecule has 4 saturated carbocycles. The summed E-state index contributed by atoms with van der Waals surface area (Å²) in [6.45, 7) is 1.10. The Morgan fingerprint density at radius 2 is 1.93 bits per heavy atom. The Morgan fingerprint density at radius 3 is 2.57 bits per heavy atom. The van der Waals surface area contributed by atoms with Crippen LogP contribution in [0.2, 0.25) is 0 Å². The van der Waals surface area contributed by atoms with Gasteiger partial charge in [-0.15, -0.1) is 5.10 Å². The predicted octanol–water partition coefficient (Wildman–Crippen LogP) is 2.22. The molecule has 5 fully saturated rings. The quantitative estimate of drug-likeness (QED) is 0.856. The van der Waals surface area contributed by atoms with Crippen molar-refractivity contribution in [1.29, 1.82) is 0 Å². The molecule has 1 aromatic rings. The van der Waals surface area contributed by atoms with Crippen molar-refractivity contribution < 1.29 is 18.7 Å². The predicted molar refractivity (Wildman–Crippen MR) is 96.4 cm³/mol. The Kier molecular flexibility index (Phi) is 4.07. The zero-order valence-electron chi connectivity index (χ0n) is 15.7. The summed E-state index contributed by atoms with van der Waals surface area (Å²) >= 11 is 0. The van der Waals surface area contributed by atoms with Crippen molar-refractivity contribution >= 4 is 12.0 Å². The number of hydrogen-bond donors (Lipinski definition) is 1. The van der Waals surface area contributed by atoms with Gasteiger partial charge in [0, 0.05) is 19.0 Å². The Labute approximate surface area is 162 Å². The summed E-state index contributed by atoms with van der Waals surface area (Å²) < 4.78 is 19.0. The Hall–Kier alpha value is -2.25. The minimum atomic E-state index is -0.603. The lowest BCUT2D eigenvalue weighted by atomic mass is 9.48. The number of nitrogens with two attached hydrogens (primary N) is 1.